The van der Waals surface area contributed by atoms with Crippen molar-refractivity contribution in [2.75, 3.05) is 44.0 Å². The molecule has 37 heavy (non-hydrogen) atoms. The van der Waals surface area contributed by atoms with Crippen LogP contribution < -0.4 is 25.8 Å². The number of amides is 1. The van der Waals surface area contributed by atoms with Gasteiger partial charge < -0.3 is 24.8 Å². The monoisotopic (exact) mass is 527 g/mol. The third-order valence-corrected chi connectivity index (χ3v) is 7.07. The fourth-order valence-corrected chi connectivity index (χ4v) is 4.67. The van der Waals surface area contributed by atoms with Crippen molar-refractivity contribution in [3.8, 4) is 5.75 Å². The SMILES string of the molecule is CNC(=O)COc1cc2cc(Nc3nc(N4C[C@@H](C)N(C)[C@@H](C)C4)ncc3Cl)ccc2n(C(C)C)c1=O. The quantitative estimate of drug-likeness (QED) is 0.481. The number of hydrogen-bond acceptors (Lipinski definition) is 8. The van der Waals surface area contributed by atoms with E-state index in [4.69, 9.17) is 21.3 Å². The van der Waals surface area contributed by atoms with E-state index in [0.717, 1.165) is 29.7 Å². The normalized spacial score (nSPS) is 18.3. The molecule has 1 aliphatic rings. The van der Waals surface area contributed by atoms with E-state index in [2.05, 4.69) is 46.3 Å². The van der Waals surface area contributed by atoms with E-state index in [-0.39, 0.29) is 29.9 Å². The Balaban J connectivity index is 1.66. The predicted molar refractivity (Wildman–Crippen MR) is 147 cm³/mol. The number of ether oxygens (including phenoxy) is 1. The third-order valence-electron chi connectivity index (χ3n) is 6.79. The van der Waals surface area contributed by atoms with Gasteiger partial charge in [0.05, 0.1) is 11.7 Å². The van der Waals surface area contributed by atoms with Crippen LogP contribution in [-0.2, 0) is 4.79 Å². The number of halogens is 1. The smallest absolute Gasteiger partial charge is 0.293 e. The highest BCUT2D eigenvalue weighted by Crippen LogP contribution is 2.29. The number of aromatic nitrogens is 3. The Morgan fingerprint density at radius 3 is 2.57 bits per heavy atom. The number of nitrogens with zero attached hydrogens (tertiary/aromatic N) is 5. The first kappa shape index (κ1) is 26.7. The van der Waals surface area contributed by atoms with Gasteiger partial charge in [-0.25, -0.2) is 4.98 Å². The van der Waals surface area contributed by atoms with Crippen molar-refractivity contribution < 1.29 is 9.53 Å². The molecule has 0 saturated carbocycles. The number of nitrogens with one attached hydrogen (secondary N) is 2. The first-order valence-electron chi connectivity index (χ1n) is 12.4. The van der Waals surface area contributed by atoms with Crippen molar-refractivity contribution in [3.05, 3.63) is 45.8 Å². The molecule has 4 rings (SSSR count). The number of anilines is 3. The van der Waals surface area contributed by atoms with E-state index >= 15 is 0 Å². The summed E-state index contributed by atoms with van der Waals surface area (Å²) >= 11 is 6.46. The fraction of sp³-hybridized carbons (Fsp3) is 0.462. The number of carbonyl (C=O) groups excluding carboxylic acids is 1. The lowest BCUT2D eigenvalue weighted by molar-refractivity contribution is -0.122. The molecular weight excluding hydrogens is 494 g/mol. The van der Waals surface area contributed by atoms with Gasteiger partial charge in [0, 0.05) is 49.3 Å². The van der Waals surface area contributed by atoms with Crippen molar-refractivity contribution in [3.63, 3.8) is 0 Å². The highest BCUT2D eigenvalue weighted by Gasteiger charge is 2.28. The van der Waals surface area contributed by atoms with Crippen molar-refractivity contribution in [1.82, 2.24) is 24.8 Å². The molecule has 1 saturated heterocycles. The van der Waals surface area contributed by atoms with Crippen LogP contribution in [0.4, 0.5) is 17.5 Å². The van der Waals surface area contributed by atoms with Crippen molar-refractivity contribution >= 4 is 45.9 Å². The molecule has 2 aromatic heterocycles. The Hall–Kier alpha value is -3.37. The first-order chi connectivity index (χ1) is 17.6. The zero-order valence-electron chi connectivity index (χ0n) is 22.1. The molecule has 1 aromatic carbocycles. The summed E-state index contributed by atoms with van der Waals surface area (Å²) in [6, 6.07) is 7.95. The number of carbonyl (C=O) groups is 1. The molecule has 0 bridgehead atoms. The number of benzene rings is 1. The van der Waals surface area contributed by atoms with Crippen LogP contribution in [-0.4, -0.2) is 71.2 Å². The molecule has 198 valence electrons. The van der Waals surface area contributed by atoms with Gasteiger partial charge in [0.2, 0.25) is 5.95 Å². The summed E-state index contributed by atoms with van der Waals surface area (Å²) in [6.07, 6.45) is 1.61. The van der Waals surface area contributed by atoms with Gasteiger partial charge in [-0.15, -0.1) is 0 Å². The van der Waals surface area contributed by atoms with E-state index in [1.165, 1.54) is 7.05 Å². The van der Waals surface area contributed by atoms with E-state index in [9.17, 15) is 9.59 Å². The fourth-order valence-electron chi connectivity index (χ4n) is 4.53. The zero-order chi connectivity index (χ0) is 26.9. The summed E-state index contributed by atoms with van der Waals surface area (Å²) in [4.78, 5) is 38.5. The lowest BCUT2D eigenvalue weighted by Gasteiger charge is -2.42. The zero-order valence-corrected chi connectivity index (χ0v) is 22.8. The standard InChI is InChI=1S/C26H34ClN7O3/c1-15(2)34-21-8-7-19(9-18(21)10-22(25(34)36)37-14-23(35)28-5)30-24-20(27)11-29-26(31-24)33-12-16(3)32(6)17(4)13-33/h7-11,15-17H,12-14H2,1-6H3,(H,28,35)(H,29,30,31)/t16-,17+. The Labute approximate surface area is 221 Å². The van der Waals surface area contributed by atoms with E-state index < -0.39 is 0 Å². The van der Waals surface area contributed by atoms with Crippen LogP contribution in [0.15, 0.2) is 35.3 Å². The van der Waals surface area contributed by atoms with Crippen molar-refractivity contribution in [1.29, 1.82) is 0 Å². The molecule has 0 spiro atoms. The van der Waals surface area contributed by atoms with Gasteiger partial charge >= 0.3 is 0 Å². The van der Waals surface area contributed by atoms with Gasteiger partial charge in [0.25, 0.3) is 11.5 Å². The number of hydrogen-bond donors (Lipinski definition) is 2. The van der Waals surface area contributed by atoms with E-state index in [1.54, 1.807) is 16.8 Å². The Bertz CT molecular complexity index is 1350. The van der Waals surface area contributed by atoms with Crippen molar-refractivity contribution in [2.45, 2.75) is 45.8 Å². The topological polar surface area (TPSA) is 105 Å². The number of rotatable bonds is 7. The molecule has 0 aliphatic carbocycles. The van der Waals surface area contributed by atoms with Crippen LogP contribution in [0.3, 0.4) is 0 Å². The summed E-state index contributed by atoms with van der Waals surface area (Å²) in [6.45, 7) is 9.64. The second-order valence-electron chi connectivity index (χ2n) is 9.77. The van der Waals surface area contributed by atoms with E-state index in [1.807, 2.05) is 32.0 Å². The summed E-state index contributed by atoms with van der Waals surface area (Å²) in [5.74, 6) is 0.920. The van der Waals surface area contributed by atoms with Crippen LogP contribution in [0.5, 0.6) is 5.75 Å². The molecule has 1 aliphatic heterocycles. The minimum atomic E-state index is -0.315. The lowest BCUT2D eigenvalue weighted by atomic mass is 10.1. The lowest BCUT2D eigenvalue weighted by Crippen LogP contribution is -2.55. The molecule has 0 unspecified atom stereocenters. The maximum Gasteiger partial charge on any atom is 0.293 e. The van der Waals surface area contributed by atoms with Crippen LogP contribution >= 0.6 is 11.6 Å². The maximum atomic E-state index is 13.0. The van der Waals surface area contributed by atoms with Gasteiger partial charge in [-0.3, -0.25) is 14.5 Å². The van der Waals surface area contributed by atoms with Crippen LogP contribution in [0.25, 0.3) is 10.9 Å². The van der Waals surface area contributed by atoms with Gasteiger partial charge in [0.1, 0.15) is 5.02 Å². The maximum absolute atomic E-state index is 13.0. The second kappa shape index (κ2) is 10.9. The molecule has 0 radical (unpaired) electrons. The minimum Gasteiger partial charge on any atom is -0.478 e. The van der Waals surface area contributed by atoms with Crippen LogP contribution in [0.1, 0.15) is 33.7 Å². The molecule has 10 nitrogen and oxygen atoms in total. The Morgan fingerprint density at radius 1 is 1.22 bits per heavy atom. The van der Waals surface area contributed by atoms with Crippen LogP contribution in [0.2, 0.25) is 5.02 Å². The summed E-state index contributed by atoms with van der Waals surface area (Å²) in [5.41, 5.74) is 1.21. The van der Waals surface area contributed by atoms with Gasteiger partial charge in [-0.2, -0.15) is 4.98 Å². The largest absolute Gasteiger partial charge is 0.478 e. The third kappa shape index (κ3) is 5.65. The first-order valence-corrected chi connectivity index (χ1v) is 12.8. The summed E-state index contributed by atoms with van der Waals surface area (Å²) in [5, 5.41) is 6.98. The number of likely N-dealkylation sites (N-methyl/N-ethyl adjacent to an activating group) is 2. The van der Waals surface area contributed by atoms with Gasteiger partial charge in [-0.1, -0.05) is 11.6 Å². The summed E-state index contributed by atoms with van der Waals surface area (Å²) in [7, 11) is 3.65. The summed E-state index contributed by atoms with van der Waals surface area (Å²) < 4.78 is 7.21. The molecule has 1 amide bonds. The van der Waals surface area contributed by atoms with Crippen molar-refractivity contribution in [2.24, 2.45) is 0 Å². The van der Waals surface area contributed by atoms with Gasteiger partial charge in [-0.05, 0) is 59.0 Å². The molecule has 3 aromatic rings. The number of pyridine rings is 1. The average Bonchev–Trinajstić information content (AvgIpc) is 2.86. The molecule has 2 atom stereocenters. The van der Waals surface area contributed by atoms with Crippen LogP contribution in [0, 0.1) is 0 Å². The molecule has 2 N–H and O–H groups in total. The molecular formula is C26H34ClN7O3. The Morgan fingerprint density at radius 2 is 1.92 bits per heavy atom. The highest BCUT2D eigenvalue weighted by molar-refractivity contribution is 6.32. The molecule has 11 heteroatoms. The molecule has 1 fully saturated rings. The predicted octanol–water partition coefficient (Wildman–Crippen LogP) is 3.42. The second-order valence-corrected chi connectivity index (χ2v) is 10.2. The minimum absolute atomic E-state index is 0.107. The average molecular weight is 528 g/mol. The Kier molecular flexibility index (Phi) is 7.89. The van der Waals surface area contributed by atoms with E-state index in [0.29, 0.717) is 28.9 Å². The number of piperazine rings is 1. The number of fused-ring (bicyclic) bond motifs is 1. The molecule has 3 heterocycles. The highest BCUT2D eigenvalue weighted by atomic mass is 35.5. The van der Waals surface area contributed by atoms with Gasteiger partial charge in [0.15, 0.2) is 18.2 Å².